The molecule has 0 aliphatic carbocycles. The largest absolute Gasteiger partial charge is 0.490 e. The van der Waals surface area contributed by atoms with Gasteiger partial charge in [0.15, 0.2) is 5.11 Å². The number of nitrogens with one attached hydrogen (secondary N) is 4. The maximum absolute atomic E-state index is 12.5. The van der Waals surface area contributed by atoms with E-state index in [1.807, 2.05) is 6.07 Å². The molecule has 0 heterocycles. The smallest absolute Gasteiger partial charge is 0.269 e. The second-order valence-electron chi connectivity index (χ2n) is 7.25. The number of halogens is 1. The Morgan fingerprint density at radius 2 is 1.47 bits per heavy atom. The molecule has 0 spiro atoms. The van der Waals surface area contributed by atoms with E-state index < -0.39 is 11.8 Å². The zero-order valence-corrected chi connectivity index (χ0v) is 21.6. The number of hydrazine groups is 1. The van der Waals surface area contributed by atoms with Gasteiger partial charge in [-0.15, -0.1) is 0 Å². The van der Waals surface area contributed by atoms with Crippen LogP contribution in [0.1, 0.15) is 31.1 Å². The predicted molar refractivity (Wildman–Crippen MR) is 143 cm³/mol. The first-order valence-electron chi connectivity index (χ1n) is 10.7. The minimum Gasteiger partial charge on any atom is -0.490 e. The third kappa shape index (κ3) is 7.87. The Labute approximate surface area is 221 Å². The average molecular weight is 571 g/mol. The topological polar surface area (TPSA) is 118 Å². The quantitative estimate of drug-likeness (QED) is 0.185. The van der Waals surface area contributed by atoms with E-state index in [1.54, 1.807) is 73.8 Å². The molecule has 0 fully saturated rings. The molecular weight excluding hydrogens is 548 g/mol. The van der Waals surface area contributed by atoms with E-state index in [0.29, 0.717) is 45.8 Å². The lowest BCUT2D eigenvalue weighted by Crippen LogP contribution is -2.48. The minimum atomic E-state index is -0.479. The standard InChI is InChI=1S/C25H23BrN4O5S/c1-34-13-14-35-21-12-9-18(15-20(21)26)23(32)28-25(36)30-29-24(33)17-7-10-19(11-8-17)27-22(31)16-5-3-2-4-6-16/h2-12,15H,13-14H2,1H3,(H,27,31)(H,29,33)(H2,28,30,32,36). The Morgan fingerprint density at radius 3 is 2.14 bits per heavy atom. The lowest BCUT2D eigenvalue weighted by molar-refractivity contribution is 0.0934. The van der Waals surface area contributed by atoms with Gasteiger partial charge >= 0.3 is 0 Å². The summed E-state index contributed by atoms with van der Waals surface area (Å²) in [4.78, 5) is 37.1. The molecule has 3 aromatic rings. The Kier molecular flexibility index (Phi) is 9.92. The maximum atomic E-state index is 12.5. The van der Waals surface area contributed by atoms with Gasteiger partial charge in [-0.2, -0.15) is 0 Å². The first-order chi connectivity index (χ1) is 17.4. The van der Waals surface area contributed by atoms with Gasteiger partial charge in [-0.1, -0.05) is 18.2 Å². The fourth-order valence-corrected chi connectivity index (χ4v) is 3.52. The third-order valence-corrected chi connectivity index (χ3v) is 5.52. The Hall–Kier alpha value is -3.80. The molecule has 0 saturated heterocycles. The van der Waals surface area contributed by atoms with E-state index in [0.717, 1.165) is 0 Å². The molecule has 3 rings (SSSR count). The van der Waals surface area contributed by atoms with Gasteiger partial charge in [0.25, 0.3) is 17.7 Å². The van der Waals surface area contributed by atoms with Crippen molar-refractivity contribution in [1.29, 1.82) is 0 Å². The summed E-state index contributed by atoms with van der Waals surface area (Å²) in [6.45, 7) is 0.814. The fraction of sp³-hybridized carbons (Fsp3) is 0.120. The van der Waals surface area contributed by atoms with Crippen LogP contribution in [0.3, 0.4) is 0 Å². The predicted octanol–water partition coefficient (Wildman–Crippen LogP) is 3.68. The van der Waals surface area contributed by atoms with E-state index in [2.05, 4.69) is 37.4 Å². The lowest BCUT2D eigenvalue weighted by Gasteiger charge is -2.12. The number of rotatable bonds is 8. The molecule has 0 radical (unpaired) electrons. The van der Waals surface area contributed by atoms with E-state index in [4.69, 9.17) is 21.7 Å². The second kappa shape index (κ2) is 13.3. The molecule has 186 valence electrons. The summed E-state index contributed by atoms with van der Waals surface area (Å²) in [7, 11) is 1.58. The van der Waals surface area contributed by atoms with Crippen molar-refractivity contribution in [2.75, 3.05) is 25.6 Å². The molecule has 3 aromatic carbocycles. The number of thiocarbonyl (C=S) groups is 1. The monoisotopic (exact) mass is 570 g/mol. The molecule has 0 bridgehead atoms. The normalized spacial score (nSPS) is 10.2. The van der Waals surface area contributed by atoms with Crippen LogP contribution in [-0.4, -0.2) is 43.2 Å². The minimum absolute atomic E-state index is 0.0864. The first kappa shape index (κ1) is 26.8. The van der Waals surface area contributed by atoms with E-state index in [1.165, 1.54) is 0 Å². The number of amides is 3. The van der Waals surface area contributed by atoms with Crippen molar-refractivity contribution in [1.82, 2.24) is 16.2 Å². The molecule has 9 nitrogen and oxygen atoms in total. The van der Waals surface area contributed by atoms with Crippen LogP contribution in [0.25, 0.3) is 0 Å². The molecule has 0 aliphatic heterocycles. The third-order valence-electron chi connectivity index (χ3n) is 4.70. The Balaban J connectivity index is 1.47. The fourth-order valence-electron chi connectivity index (χ4n) is 2.88. The van der Waals surface area contributed by atoms with Crippen molar-refractivity contribution in [2.24, 2.45) is 0 Å². The highest BCUT2D eigenvalue weighted by atomic mass is 79.9. The summed E-state index contributed by atoms with van der Waals surface area (Å²) in [6.07, 6.45) is 0. The van der Waals surface area contributed by atoms with Crippen LogP contribution in [0.15, 0.2) is 77.3 Å². The molecule has 36 heavy (non-hydrogen) atoms. The van der Waals surface area contributed by atoms with Crippen molar-refractivity contribution in [2.45, 2.75) is 0 Å². The summed E-state index contributed by atoms with van der Waals surface area (Å²) in [5.41, 5.74) is 6.63. The van der Waals surface area contributed by atoms with Crippen LogP contribution in [-0.2, 0) is 4.74 Å². The van der Waals surface area contributed by atoms with Gasteiger partial charge < -0.3 is 14.8 Å². The number of carbonyl (C=O) groups excluding carboxylic acids is 3. The van der Waals surface area contributed by atoms with Gasteiger partial charge in [0, 0.05) is 29.5 Å². The average Bonchev–Trinajstić information content (AvgIpc) is 2.89. The Bertz CT molecular complexity index is 1240. The number of hydrogen-bond donors (Lipinski definition) is 4. The molecule has 0 aromatic heterocycles. The highest BCUT2D eigenvalue weighted by molar-refractivity contribution is 9.10. The van der Waals surface area contributed by atoms with Crippen molar-refractivity contribution < 1.29 is 23.9 Å². The van der Waals surface area contributed by atoms with Gasteiger partial charge in [0.05, 0.1) is 11.1 Å². The van der Waals surface area contributed by atoms with Crippen molar-refractivity contribution in [3.8, 4) is 5.75 Å². The molecule has 0 atom stereocenters. The second-order valence-corrected chi connectivity index (χ2v) is 8.51. The number of benzene rings is 3. The molecule has 0 unspecified atom stereocenters. The molecule has 11 heteroatoms. The van der Waals surface area contributed by atoms with Crippen molar-refractivity contribution in [3.05, 3.63) is 94.0 Å². The van der Waals surface area contributed by atoms with Crippen molar-refractivity contribution in [3.63, 3.8) is 0 Å². The zero-order valence-electron chi connectivity index (χ0n) is 19.2. The van der Waals surface area contributed by atoms with Crippen LogP contribution in [0, 0.1) is 0 Å². The molecule has 0 aliphatic rings. The lowest BCUT2D eigenvalue weighted by atomic mass is 10.1. The SMILES string of the molecule is COCCOc1ccc(C(=O)NC(=S)NNC(=O)c2ccc(NC(=O)c3ccccc3)cc2)cc1Br. The first-order valence-corrected chi connectivity index (χ1v) is 11.9. The number of ether oxygens (including phenoxy) is 2. The summed E-state index contributed by atoms with van der Waals surface area (Å²) in [5, 5.41) is 5.16. The Morgan fingerprint density at radius 1 is 0.806 bits per heavy atom. The van der Waals surface area contributed by atoms with Crippen LogP contribution in [0.2, 0.25) is 0 Å². The number of methoxy groups -OCH3 is 1. The molecule has 0 saturated carbocycles. The van der Waals surface area contributed by atoms with E-state index >= 15 is 0 Å². The van der Waals surface area contributed by atoms with Gasteiger partial charge in [0.1, 0.15) is 12.4 Å². The highest BCUT2D eigenvalue weighted by Crippen LogP contribution is 2.26. The zero-order chi connectivity index (χ0) is 25.9. The van der Waals surface area contributed by atoms with Gasteiger partial charge in [-0.25, -0.2) is 0 Å². The maximum Gasteiger partial charge on any atom is 0.269 e. The van der Waals surface area contributed by atoms with E-state index in [-0.39, 0.29) is 11.0 Å². The van der Waals surface area contributed by atoms with Crippen LogP contribution in [0.4, 0.5) is 5.69 Å². The van der Waals surface area contributed by atoms with Crippen LogP contribution < -0.4 is 26.2 Å². The summed E-state index contributed by atoms with van der Waals surface area (Å²) in [6, 6.07) is 19.9. The van der Waals surface area contributed by atoms with E-state index in [9.17, 15) is 14.4 Å². The van der Waals surface area contributed by atoms with Gasteiger partial charge in [-0.05, 0) is 82.7 Å². The molecule has 3 amide bonds. The van der Waals surface area contributed by atoms with Crippen LogP contribution in [0.5, 0.6) is 5.75 Å². The number of hydrogen-bond acceptors (Lipinski definition) is 6. The summed E-state index contributed by atoms with van der Waals surface area (Å²) >= 11 is 8.45. The van der Waals surface area contributed by atoms with Gasteiger partial charge in [0.2, 0.25) is 0 Å². The molecule has 4 N–H and O–H groups in total. The van der Waals surface area contributed by atoms with Gasteiger partial charge in [-0.3, -0.25) is 30.6 Å². The van der Waals surface area contributed by atoms with Crippen molar-refractivity contribution >= 4 is 56.7 Å². The highest BCUT2D eigenvalue weighted by Gasteiger charge is 2.12. The van der Waals surface area contributed by atoms with Crippen LogP contribution >= 0.6 is 28.1 Å². The number of anilines is 1. The number of carbonyl (C=O) groups is 3. The molecular formula is C25H23BrN4O5S. The summed E-state index contributed by atoms with van der Waals surface area (Å²) in [5.74, 6) is -0.629. The summed E-state index contributed by atoms with van der Waals surface area (Å²) < 4.78 is 11.1.